The molecule has 0 aliphatic heterocycles. The zero-order valence-electron chi connectivity index (χ0n) is 6.92. The van der Waals surface area contributed by atoms with Gasteiger partial charge in [0.05, 0.1) is 12.2 Å². The van der Waals surface area contributed by atoms with Gasteiger partial charge in [0.1, 0.15) is 6.26 Å². The molecular weight excluding hydrogens is 154 g/mol. The minimum atomic E-state index is 0.378. The number of hydrogen-bond acceptors (Lipinski definition) is 4. The topological polar surface area (TPSA) is 64.1 Å². The van der Waals surface area contributed by atoms with Crippen molar-refractivity contribution in [3.63, 3.8) is 0 Å². The van der Waals surface area contributed by atoms with Crippen LogP contribution in [0.1, 0.15) is 24.4 Å². The van der Waals surface area contributed by atoms with E-state index in [-0.39, 0.29) is 0 Å². The van der Waals surface area contributed by atoms with Gasteiger partial charge in [0.25, 0.3) is 0 Å². The third-order valence-corrected chi connectivity index (χ3v) is 1.92. The van der Waals surface area contributed by atoms with Crippen molar-refractivity contribution in [2.45, 2.75) is 32.0 Å². The SMILES string of the molecule is NCc1nc(CNC2CC2)co1. The van der Waals surface area contributed by atoms with E-state index in [0.717, 1.165) is 12.2 Å². The van der Waals surface area contributed by atoms with Crippen molar-refractivity contribution >= 4 is 0 Å². The third-order valence-electron chi connectivity index (χ3n) is 1.92. The van der Waals surface area contributed by atoms with Gasteiger partial charge in [-0.05, 0) is 12.8 Å². The van der Waals surface area contributed by atoms with Gasteiger partial charge in [-0.2, -0.15) is 0 Å². The summed E-state index contributed by atoms with van der Waals surface area (Å²) in [7, 11) is 0. The average molecular weight is 167 g/mol. The number of oxazole rings is 1. The number of aromatic nitrogens is 1. The number of nitrogens with two attached hydrogens (primary N) is 1. The molecule has 1 saturated carbocycles. The first-order valence-corrected chi connectivity index (χ1v) is 4.25. The molecule has 2 rings (SSSR count). The number of hydrogen-bond donors (Lipinski definition) is 2. The van der Waals surface area contributed by atoms with E-state index >= 15 is 0 Å². The molecule has 4 nitrogen and oxygen atoms in total. The second-order valence-corrected chi connectivity index (χ2v) is 3.09. The van der Waals surface area contributed by atoms with Crippen molar-refractivity contribution < 1.29 is 4.42 Å². The molecule has 1 aliphatic carbocycles. The third kappa shape index (κ3) is 1.84. The Labute approximate surface area is 71.2 Å². The summed E-state index contributed by atoms with van der Waals surface area (Å²) in [5, 5.41) is 3.35. The molecule has 0 amide bonds. The second kappa shape index (κ2) is 3.25. The fourth-order valence-electron chi connectivity index (χ4n) is 1.06. The number of nitrogens with zero attached hydrogens (tertiary/aromatic N) is 1. The highest BCUT2D eigenvalue weighted by Crippen LogP contribution is 2.19. The molecule has 12 heavy (non-hydrogen) atoms. The van der Waals surface area contributed by atoms with E-state index in [1.807, 2.05) is 0 Å². The lowest BCUT2D eigenvalue weighted by atomic mass is 10.4. The van der Waals surface area contributed by atoms with Gasteiger partial charge >= 0.3 is 0 Å². The van der Waals surface area contributed by atoms with Crippen LogP contribution in [0.4, 0.5) is 0 Å². The maximum Gasteiger partial charge on any atom is 0.208 e. The Hall–Kier alpha value is -0.870. The van der Waals surface area contributed by atoms with Crippen molar-refractivity contribution in [2.24, 2.45) is 5.73 Å². The Morgan fingerprint density at radius 1 is 1.67 bits per heavy atom. The van der Waals surface area contributed by atoms with E-state index in [4.69, 9.17) is 10.2 Å². The van der Waals surface area contributed by atoms with Crippen LogP contribution in [0.5, 0.6) is 0 Å². The summed E-state index contributed by atoms with van der Waals surface area (Å²) in [4.78, 5) is 4.17. The highest BCUT2D eigenvalue weighted by atomic mass is 16.3. The summed E-state index contributed by atoms with van der Waals surface area (Å²) in [5.74, 6) is 0.614. The standard InChI is InChI=1S/C8H13N3O/c9-3-8-11-7(5-12-8)4-10-6-1-2-6/h5-6,10H,1-4,9H2. The average Bonchev–Trinajstić information content (AvgIpc) is 2.81. The Bertz CT molecular complexity index is 255. The first kappa shape index (κ1) is 7.76. The van der Waals surface area contributed by atoms with Gasteiger partial charge in [0, 0.05) is 12.6 Å². The Morgan fingerprint density at radius 2 is 2.50 bits per heavy atom. The molecule has 1 aromatic heterocycles. The molecule has 0 unspecified atom stereocenters. The molecular formula is C8H13N3O. The van der Waals surface area contributed by atoms with E-state index < -0.39 is 0 Å². The minimum absolute atomic E-state index is 0.378. The van der Waals surface area contributed by atoms with Crippen LogP contribution in [0.15, 0.2) is 10.7 Å². The normalized spacial score (nSPS) is 16.8. The fraction of sp³-hybridized carbons (Fsp3) is 0.625. The van der Waals surface area contributed by atoms with Gasteiger partial charge in [0.15, 0.2) is 0 Å². The van der Waals surface area contributed by atoms with Crippen molar-refractivity contribution in [3.8, 4) is 0 Å². The van der Waals surface area contributed by atoms with Crippen molar-refractivity contribution in [1.29, 1.82) is 0 Å². The van der Waals surface area contributed by atoms with Crippen molar-refractivity contribution in [1.82, 2.24) is 10.3 Å². The Kier molecular flexibility index (Phi) is 2.10. The number of nitrogens with one attached hydrogen (secondary N) is 1. The van der Waals surface area contributed by atoms with E-state index in [1.54, 1.807) is 6.26 Å². The van der Waals surface area contributed by atoms with Crippen LogP contribution in [0.2, 0.25) is 0 Å². The lowest BCUT2D eigenvalue weighted by Crippen LogP contribution is -2.15. The molecule has 1 aliphatic rings. The van der Waals surface area contributed by atoms with Crippen LogP contribution >= 0.6 is 0 Å². The molecule has 0 spiro atoms. The summed E-state index contributed by atoms with van der Waals surface area (Å²) in [6, 6.07) is 0.711. The number of rotatable bonds is 4. The van der Waals surface area contributed by atoms with E-state index in [1.165, 1.54) is 12.8 Å². The summed E-state index contributed by atoms with van der Waals surface area (Å²) >= 11 is 0. The van der Waals surface area contributed by atoms with Crippen LogP contribution < -0.4 is 11.1 Å². The van der Waals surface area contributed by atoms with Gasteiger partial charge < -0.3 is 15.5 Å². The zero-order chi connectivity index (χ0) is 8.39. The molecule has 0 bridgehead atoms. The van der Waals surface area contributed by atoms with Crippen LogP contribution in [0.25, 0.3) is 0 Å². The largest absolute Gasteiger partial charge is 0.447 e. The van der Waals surface area contributed by atoms with E-state index in [9.17, 15) is 0 Å². The highest BCUT2D eigenvalue weighted by molar-refractivity contribution is 4.97. The molecule has 1 heterocycles. The molecule has 66 valence electrons. The zero-order valence-corrected chi connectivity index (χ0v) is 6.92. The summed E-state index contributed by atoms with van der Waals surface area (Å²) in [6.07, 6.45) is 4.25. The van der Waals surface area contributed by atoms with Crippen LogP contribution in [0, 0.1) is 0 Å². The molecule has 3 N–H and O–H groups in total. The first-order valence-electron chi connectivity index (χ1n) is 4.25. The van der Waals surface area contributed by atoms with Crippen molar-refractivity contribution in [2.75, 3.05) is 0 Å². The minimum Gasteiger partial charge on any atom is -0.447 e. The van der Waals surface area contributed by atoms with Gasteiger partial charge in [-0.3, -0.25) is 0 Å². The fourth-order valence-corrected chi connectivity index (χ4v) is 1.06. The van der Waals surface area contributed by atoms with Crippen LogP contribution in [0.3, 0.4) is 0 Å². The van der Waals surface area contributed by atoms with Gasteiger partial charge in [-0.25, -0.2) is 4.98 Å². The van der Waals surface area contributed by atoms with Gasteiger partial charge in [-0.1, -0.05) is 0 Å². The second-order valence-electron chi connectivity index (χ2n) is 3.09. The highest BCUT2D eigenvalue weighted by Gasteiger charge is 2.20. The Balaban J connectivity index is 1.84. The summed E-state index contributed by atoms with van der Waals surface area (Å²) in [5.41, 5.74) is 6.30. The lowest BCUT2D eigenvalue weighted by molar-refractivity contribution is 0.497. The molecule has 0 aromatic carbocycles. The smallest absolute Gasteiger partial charge is 0.208 e. The molecule has 1 aromatic rings. The first-order chi connectivity index (χ1) is 5.88. The van der Waals surface area contributed by atoms with Crippen LogP contribution in [-0.4, -0.2) is 11.0 Å². The molecule has 0 saturated heterocycles. The summed E-state index contributed by atoms with van der Waals surface area (Å²) in [6.45, 7) is 1.18. The molecule has 0 atom stereocenters. The van der Waals surface area contributed by atoms with E-state index in [0.29, 0.717) is 18.5 Å². The molecule has 0 radical (unpaired) electrons. The summed E-state index contributed by atoms with van der Waals surface area (Å²) < 4.78 is 5.09. The predicted molar refractivity (Wildman–Crippen MR) is 44.3 cm³/mol. The maximum atomic E-state index is 5.35. The monoisotopic (exact) mass is 167 g/mol. The van der Waals surface area contributed by atoms with E-state index in [2.05, 4.69) is 10.3 Å². The molecule has 4 heteroatoms. The maximum absolute atomic E-state index is 5.35. The Morgan fingerprint density at radius 3 is 3.08 bits per heavy atom. The van der Waals surface area contributed by atoms with Gasteiger partial charge in [0.2, 0.25) is 5.89 Å². The van der Waals surface area contributed by atoms with Crippen LogP contribution in [-0.2, 0) is 13.1 Å². The van der Waals surface area contributed by atoms with Crippen molar-refractivity contribution in [3.05, 3.63) is 17.8 Å². The molecule has 1 fully saturated rings. The lowest BCUT2D eigenvalue weighted by Gasteiger charge is -1.95. The predicted octanol–water partition coefficient (Wildman–Crippen LogP) is 0.385. The quantitative estimate of drug-likeness (QED) is 0.680. The van der Waals surface area contributed by atoms with Gasteiger partial charge in [-0.15, -0.1) is 0 Å².